The summed E-state index contributed by atoms with van der Waals surface area (Å²) in [7, 11) is 1.19. The fourth-order valence-electron chi connectivity index (χ4n) is 3.78. The highest BCUT2D eigenvalue weighted by Gasteiger charge is 2.33. The Balaban J connectivity index is 2.36. The van der Waals surface area contributed by atoms with Crippen LogP contribution in [0, 0.1) is 27.3 Å². The second-order valence-electron chi connectivity index (χ2n) is 7.35. The van der Waals surface area contributed by atoms with Gasteiger partial charge < -0.3 is 10.1 Å². The van der Waals surface area contributed by atoms with Crippen LogP contribution in [0.2, 0.25) is 0 Å². The molecule has 0 bridgehead atoms. The molecule has 1 aliphatic rings. The predicted molar refractivity (Wildman–Crippen MR) is 88.6 cm³/mol. The molecule has 0 spiro atoms. The van der Waals surface area contributed by atoms with Gasteiger partial charge in [0.2, 0.25) is 5.82 Å². The summed E-state index contributed by atoms with van der Waals surface area (Å²) in [5.41, 5.74) is -0.389. The van der Waals surface area contributed by atoms with Crippen LogP contribution < -0.4 is 5.32 Å². The molecule has 0 heterocycles. The molecule has 0 aromatic heterocycles. The molecule has 1 aromatic rings. The summed E-state index contributed by atoms with van der Waals surface area (Å²) < 4.78 is 18.7. The normalized spacial score (nSPS) is 22.7. The number of methoxy groups -OCH3 is 1. The molecule has 6 nitrogen and oxygen atoms in total. The number of nitrogens with one attached hydrogen (secondary N) is 1. The van der Waals surface area contributed by atoms with Crippen LogP contribution in [0.3, 0.4) is 0 Å². The summed E-state index contributed by atoms with van der Waals surface area (Å²) in [5, 5.41) is 14.1. The largest absolute Gasteiger partial charge is 0.465 e. The van der Waals surface area contributed by atoms with Gasteiger partial charge in [-0.05, 0) is 30.6 Å². The third-order valence-corrected chi connectivity index (χ3v) is 4.44. The molecule has 0 saturated heterocycles. The van der Waals surface area contributed by atoms with Gasteiger partial charge in [0.05, 0.1) is 23.3 Å². The van der Waals surface area contributed by atoms with E-state index in [4.69, 9.17) is 0 Å². The van der Waals surface area contributed by atoms with Crippen LogP contribution >= 0.6 is 0 Å². The lowest BCUT2D eigenvalue weighted by Crippen LogP contribution is -2.36. The molecule has 7 heteroatoms. The Bertz CT molecular complexity index is 660. The third-order valence-electron chi connectivity index (χ3n) is 4.44. The highest BCUT2D eigenvalue weighted by molar-refractivity contribution is 5.96. The van der Waals surface area contributed by atoms with Gasteiger partial charge in [0.1, 0.15) is 0 Å². The molecule has 0 amide bonds. The zero-order chi connectivity index (χ0) is 18.1. The van der Waals surface area contributed by atoms with Crippen LogP contribution in [-0.2, 0) is 4.74 Å². The average Bonchev–Trinajstić information content (AvgIpc) is 2.44. The number of benzene rings is 1. The van der Waals surface area contributed by atoms with Crippen molar-refractivity contribution >= 4 is 17.3 Å². The zero-order valence-corrected chi connectivity index (χ0v) is 14.4. The molecular formula is C17H23FN2O4. The minimum Gasteiger partial charge on any atom is -0.465 e. The maximum absolute atomic E-state index is 14.0. The number of carbonyl (C=O) groups is 1. The quantitative estimate of drug-likeness (QED) is 0.507. The van der Waals surface area contributed by atoms with Crippen molar-refractivity contribution in [2.75, 3.05) is 12.4 Å². The number of esters is 1. The van der Waals surface area contributed by atoms with E-state index in [-0.39, 0.29) is 22.7 Å². The van der Waals surface area contributed by atoms with E-state index in [1.807, 2.05) is 0 Å². The Morgan fingerprint density at radius 1 is 1.42 bits per heavy atom. The lowest BCUT2D eigenvalue weighted by Gasteiger charge is -2.39. The Hall–Kier alpha value is -2.18. The van der Waals surface area contributed by atoms with E-state index in [0.717, 1.165) is 31.4 Å². The van der Waals surface area contributed by atoms with Crippen LogP contribution in [-0.4, -0.2) is 24.0 Å². The molecule has 1 N–H and O–H groups in total. The lowest BCUT2D eigenvalue weighted by molar-refractivity contribution is -0.387. The summed E-state index contributed by atoms with van der Waals surface area (Å²) in [4.78, 5) is 22.0. The van der Waals surface area contributed by atoms with Crippen molar-refractivity contribution in [3.8, 4) is 0 Å². The van der Waals surface area contributed by atoms with Crippen molar-refractivity contribution in [1.82, 2.24) is 0 Å². The van der Waals surface area contributed by atoms with E-state index in [1.165, 1.54) is 7.11 Å². The molecule has 1 saturated carbocycles. The van der Waals surface area contributed by atoms with E-state index < -0.39 is 22.4 Å². The number of nitrogens with zero attached hydrogens (tertiary/aromatic N) is 1. The van der Waals surface area contributed by atoms with E-state index in [1.54, 1.807) is 0 Å². The molecular weight excluding hydrogens is 315 g/mol. The zero-order valence-electron chi connectivity index (χ0n) is 14.4. The van der Waals surface area contributed by atoms with E-state index in [2.05, 4.69) is 30.8 Å². The minimum absolute atomic E-state index is 0.0263. The smallest absolute Gasteiger partial charge is 0.340 e. The number of ether oxygens (including phenoxy) is 1. The average molecular weight is 338 g/mol. The van der Waals surface area contributed by atoms with Crippen molar-refractivity contribution in [2.24, 2.45) is 11.3 Å². The van der Waals surface area contributed by atoms with Crippen molar-refractivity contribution in [3.05, 3.63) is 33.6 Å². The topological polar surface area (TPSA) is 81.5 Å². The van der Waals surface area contributed by atoms with Crippen molar-refractivity contribution in [1.29, 1.82) is 0 Å². The molecule has 2 rings (SSSR count). The van der Waals surface area contributed by atoms with Gasteiger partial charge in [-0.15, -0.1) is 0 Å². The lowest BCUT2D eigenvalue weighted by atomic mass is 9.70. The van der Waals surface area contributed by atoms with Crippen LogP contribution in [0.25, 0.3) is 0 Å². The summed E-state index contributed by atoms with van der Waals surface area (Å²) in [6.45, 7) is 6.51. The summed E-state index contributed by atoms with van der Waals surface area (Å²) in [6.07, 6.45) is 2.86. The third kappa shape index (κ3) is 4.01. The maximum atomic E-state index is 14.0. The van der Waals surface area contributed by atoms with Gasteiger partial charge in [0, 0.05) is 18.2 Å². The van der Waals surface area contributed by atoms with Crippen LogP contribution in [0.15, 0.2) is 12.1 Å². The molecule has 1 fully saturated rings. The van der Waals surface area contributed by atoms with Gasteiger partial charge in [0.15, 0.2) is 0 Å². The first-order valence-corrected chi connectivity index (χ1v) is 7.96. The molecule has 1 aliphatic carbocycles. The number of hydrogen-bond acceptors (Lipinski definition) is 5. The van der Waals surface area contributed by atoms with Gasteiger partial charge in [-0.25, -0.2) is 4.79 Å². The molecule has 0 aliphatic heterocycles. The predicted octanol–water partition coefficient (Wildman–Crippen LogP) is 4.15. The summed E-state index contributed by atoms with van der Waals surface area (Å²) >= 11 is 0. The van der Waals surface area contributed by atoms with E-state index >= 15 is 0 Å². The number of carbonyl (C=O) groups excluding carboxylic acids is 1. The van der Waals surface area contributed by atoms with Gasteiger partial charge >= 0.3 is 11.7 Å². The van der Waals surface area contributed by atoms with Crippen LogP contribution in [0.1, 0.15) is 50.4 Å². The van der Waals surface area contributed by atoms with Crippen molar-refractivity contribution < 1.29 is 18.8 Å². The maximum Gasteiger partial charge on any atom is 0.340 e. The number of halogens is 1. The Labute approximate surface area is 140 Å². The Morgan fingerprint density at radius 3 is 2.62 bits per heavy atom. The van der Waals surface area contributed by atoms with Crippen molar-refractivity contribution in [3.63, 3.8) is 0 Å². The molecule has 24 heavy (non-hydrogen) atoms. The summed E-state index contributed by atoms with van der Waals surface area (Å²) in [5.74, 6) is -1.21. The molecule has 132 valence electrons. The highest BCUT2D eigenvalue weighted by atomic mass is 19.1. The standard InChI is InChI=1S/C17H23FN2O4/c1-10-5-11(9-17(2,3)8-10)19-14-7-13(18)15(20(22)23)6-12(14)16(21)24-4/h6-7,10-11,19H,5,8-9H2,1-4H3/t10-,11+/m0/s1. The Kier molecular flexibility index (Phi) is 5.11. The van der Waals surface area contributed by atoms with E-state index in [9.17, 15) is 19.3 Å². The molecule has 0 unspecified atom stereocenters. The summed E-state index contributed by atoms with van der Waals surface area (Å²) in [6, 6.07) is 2.00. The fourth-order valence-corrected chi connectivity index (χ4v) is 3.78. The first-order chi connectivity index (χ1) is 11.1. The number of nitro groups is 1. The van der Waals surface area contributed by atoms with Crippen molar-refractivity contribution in [2.45, 2.75) is 46.1 Å². The second kappa shape index (κ2) is 6.75. The van der Waals surface area contributed by atoms with Gasteiger partial charge in [-0.3, -0.25) is 10.1 Å². The van der Waals surface area contributed by atoms with Gasteiger partial charge in [-0.1, -0.05) is 20.8 Å². The van der Waals surface area contributed by atoms with E-state index in [0.29, 0.717) is 5.92 Å². The number of anilines is 1. The SMILES string of the molecule is COC(=O)c1cc([N+](=O)[O-])c(F)cc1N[C@@H]1C[C@H](C)CC(C)(C)C1. The number of hydrogen-bond donors (Lipinski definition) is 1. The Morgan fingerprint density at radius 2 is 2.08 bits per heavy atom. The molecule has 1 aromatic carbocycles. The van der Waals surface area contributed by atoms with Gasteiger partial charge in [0.25, 0.3) is 0 Å². The second-order valence-corrected chi connectivity index (χ2v) is 7.35. The first-order valence-electron chi connectivity index (χ1n) is 7.96. The fraction of sp³-hybridized carbons (Fsp3) is 0.588. The molecule has 2 atom stereocenters. The minimum atomic E-state index is -0.974. The highest BCUT2D eigenvalue weighted by Crippen LogP contribution is 2.40. The van der Waals surface area contributed by atoms with Crippen LogP contribution in [0.5, 0.6) is 0 Å². The monoisotopic (exact) mass is 338 g/mol. The number of nitro benzene ring substituents is 1. The van der Waals surface area contributed by atoms with Gasteiger partial charge in [-0.2, -0.15) is 4.39 Å². The van der Waals surface area contributed by atoms with Crippen LogP contribution in [0.4, 0.5) is 15.8 Å². The first kappa shape index (κ1) is 18.2. The molecule has 0 radical (unpaired) electrons. The number of rotatable bonds is 4.